The van der Waals surface area contributed by atoms with Gasteiger partial charge in [0.1, 0.15) is 0 Å². The van der Waals surface area contributed by atoms with Crippen molar-refractivity contribution < 1.29 is 14.3 Å². The molecule has 0 aliphatic heterocycles. The Hall–Kier alpha value is -1.90. The minimum atomic E-state index is -0.126. The number of carbonyl (C=O) groups is 2. The van der Waals surface area contributed by atoms with Crippen molar-refractivity contribution in [2.75, 3.05) is 6.61 Å². The standard InChI is InChI=1S/C23H28O3/c1-6-26-18-10-17(24)16-12-23(5)14(3)15(20(16)21(18)25)11-22(4)13(2)8-7-9-19(22)23/h8,10,15,19H,3,6-7,9,11-12H2,1-2,4-5H3/t15-,19+,22+,23-/m0/s1. The summed E-state index contributed by atoms with van der Waals surface area (Å²) in [6, 6.07) is 0. The van der Waals surface area contributed by atoms with E-state index >= 15 is 0 Å². The van der Waals surface area contributed by atoms with Gasteiger partial charge in [0.05, 0.1) is 6.61 Å². The Bertz CT molecular complexity index is 824. The molecule has 0 spiro atoms. The van der Waals surface area contributed by atoms with Crippen molar-refractivity contribution in [3.05, 3.63) is 46.8 Å². The van der Waals surface area contributed by atoms with Gasteiger partial charge in [0.15, 0.2) is 11.5 Å². The van der Waals surface area contributed by atoms with Crippen molar-refractivity contribution in [1.82, 2.24) is 0 Å². The van der Waals surface area contributed by atoms with Gasteiger partial charge in [0, 0.05) is 23.1 Å². The van der Waals surface area contributed by atoms with E-state index in [1.807, 2.05) is 6.92 Å². The quantitative estimate of drug-likeness (QED) is 0.534. The lowest BCUT2D eigenvalue weighted by molar-refractivity contribution is -0.120. The Kier molecular flexibility index (Phi) is 3.74. The van der Waals surface area contributed by atoms with E-state index in [-0.39, 0.29) is 34.1 Å². The number of ketones is 2. The fraction of sp³-hybridized carbons (Fsp3) is 0.565. The SMILES string of the molecule is C=C1[C@@H]2C[C@]3(C)C(C)=CCC[C@H]3[C@@]1(C)CC1=C2C(=O)C(OCC)=CC1=O. The van der Waals surface area contributed by atoms with Crippen molar-refractivity contribution in [1.29, 1.82) is 0 Å². The number of Topliss-reactive ketones (excluding diaryl/α,β-unsaturated/α-hetero) is 1. The van der Waals surface area contributed by atoms with E-state index in [0.29, 0.717) is 30.1 Å². The molecular weight excluding hydrogens is 324 g/mol. The van der Waals surface area contributed by atoms with Crippen LogP contribution in [0.3, 0.4) is 0 Å². The Labute approximate surface area is 155 Å². The van der Waals surface area contributed by atoms with E-state index in [2.05, 4.69) is 33.4 Å². The summed E-state index contributed by atoms with van der Waals surface area (Å²) in [4.78, 5) is 26.0. The predicted octanol–water partition coefficient (Wildman–Crippen LogP) is 4.70. The molecule has 3 nitrogen and oxygen atoms in total. The van der Waals surface area contributed by atoms with E-state index in [1.165, 1.54) is 11.6 Å². The average Bonchev–Trinajstić information content (AvgIpc) is 2.58. The van der Waals surface area contributed by atoms with E-state index in [0.717, 1.165) is 24.8 Å². The van der Waals surface area contributed by atoms with Gasteiger partial charge < -0.3 is 4.74 Å². The molecule has 4 atom stereocenters. The lowest BCUT2D eigenvalue weighted by atomic mass is 9.42. The van der Waals surface area contributed by atoms with Crippen LogP contribution in [0.2, 0.25) is 0 Å². The van der Waals surface area contributed by atoms with Crippen LogP contribution in [0.1, 0.15) is 53.4 Å². The lowest BCUT2D eigenvalue weighted by Gasteiger charge is -2.61. The molecule has 138 valence electrons. The van der Waals surface area contributed by atoms with Crippen LogP contribution in [0.4, 0.5) is 0 Å². The van der Waals surface area contributed by atoms with Gasteiger partial charge >= 0.3 is 0 Å². The zero-order chi connectivity index (χ0) is 18.9. The molecule has 1 saturated carbocycles. The summed E-state index contributed by atoms with van der Waals surface area (Å²) in [6.45, 7) is 13.5. The number of carbonyl (C=O) groups excluding carboxylic acids is 2. The van der Waals surface area contributed by atoms with Crippen LogP contribution >= 0.6 is 0 Å². The third-order valence-corrected chi connectivity index (χ3v) is 7.67. The molecule has 4 aliphatic carbocycles. The Balaban J connectivity index is 1.86. The summed E-state index contributed by atoms with van der Waals surface area (Å²) in [7, 11) is 0. The first-order chi connectivity index (χ1) is 12.2. The fourth-order valence-corrected chi connectivity index (χ4v) is 6.16. The number of fused-ring (bicyclic) bond motifs is 5. The number of hydrogen-bond acceptors (Lipinski definition) is 3. The zero-order valence-corrected chi connectivity index (χ0v) is 16.3. The van der Waals surface area contributed by atoms with Crippen molar-refractivity contribution in [3.8, 4) is 0 Å². The first-order valence-electron chi connectivity index (χ1n) is 9.77. The largest absolute Gasteiger partial charge is 0.490 e. The second-order valence-electron chi connectivity index (χ2n) is 8.84. The van der Waals surface area contributed by atoms with E-state index < -0.39 is 0 Å². The Morgan fingerprint density at radius 2 is 2.00 bits per heavy atom. The highest BCUT2D eigenvalue weighted by molar-refractivity contribution is 6.22. The van der Waals surface area contributed by atoms with Crippen molar-refractivity contribution in [2.45, 2.75) is 53.4 Å². The molecule has 0 unspecified atom stereocenters. The van der Waals surface area contributed by atoms with Crippen LogP contribution in [0, 0.1) is 22.7 Å². The van der Waals surface area contributed by atoms with Crippen LogP contribution in [0.5, 0.6) is 0 Å². The van der Waals surface area contributed by atoms with Gasteiger partial charge in [-0.1, -0.05) is 37.6 Å². The van der Waals surface area contributed by atoms with Gasteiger partial charge in [-0.15, -0.1) is 0 Å². The van der Waals surface area contributed by atoms with Gasteiger partial charge in [0.2, 0.25) is 5.78 Å². The third-order valence-electron chi connectivity index (χ3n) is 7.67. The molecule has 0 aromatic carbocycles. The van der Waals surface area contributed by atoms with E-state index in [4.69, 9.17) is 4.74 Å². The van der Waals surface area contributed by atoms with Gasteiger partial charge in [0.25, 0.3) is 0 Å². The first-order valence-corrected chi connectivity index (χ1v) is 9.77. The summed E-state index contributed by atoms with van der Waals surface area (Å²) in [5, 5.41) is 0. The molecular formula is C23H28O3. The molecule has 0 amide bonds. The third kappa shape index (κ3) is 2.06. The lowest BCUT2D eigenvalue weighted by Crippen LogP contribution is -2.53. The highest BCUT2D eigenvalue weighted by Gasteiger charge is 2.59. The van der Waals surface area contributed by atoms with Gasteiger partial charge in [-0.3, -0.25) is 9.59 Å². The van der Waals surface area contributed by atoms with E-state index in [1.54, 1.807) is 0 Å². The Morgan fingerprint density at radius 1 is 1.27 bits per heavy atom. The zero-order valence-electron chi connectivity index (χ0n) is 16.3. The number of hydrogen-bond donors (Lipinski definition) is 0. The van der Waals surface area contributed by atoms with Crippen molar-refractivity contribution >= 4 is 11.6 Å². The molecule has 4 rings (SSSR count). The molecule has 1 fully saturated rings. The fourth-order valence-electron chi connectivity index (χ4n) is 6.16. The molecule has 0 heterocycles. The summed E-state index contributed by atoms with van der Waals surface area (Å²) >= 11 is 0. The smallest absolute Gasteiger partial charge is 0.224 e. The van der Waals surface area contributed by atoms with Crippen molar-refractivity contribution in [3.63, 3.8) is 0 Å². The molecule has 0 radical (unpaired) electrons. The molecule has 3 heteroatoms. The maximum atomic E-state index is 13.1. The molecule has 0 saturated heterocycles. The summed E-state index contributed by atoms with van der Waals surface area (Å²) in [5.74, 6) is 0.480. The minimum absolute atomic E-state index is 0.0431. The second-order valence-corrected chi connectivity index (χ2v) is 8.84. The van der Waals surface area contributed by atoms with Crippen LogP contribution in [0.25, 0.3) is 0 Å². The molecule has 4 aliphatic rings. The highest BCUT2D eigenvalue weighted by atomic mass is 16.5. The molecule has 2 bridgehead atoms. The molecule has 0 N–H and O–H groups in total. The number of rotatable bonds is 2. The first kappa shape index (κ1) is 17.5. The number of ether oxygens (including phenoxy) is 1. The van der Waals surface area contributed by atoms with Crippen LogP contribution < -0.4 is 0 Å². The molecule has 0 aromatic rings. The summed E-state index contributed by atoms with van der Waals surface area (Å²) < 4.78 is 5.48. The van der Waals surface area contributed by atoms with Crippen LogP contribution in [-0.4, -0.2) is 18.2 Å². The van der Waals surface area contributed by atoms with Crippen LogP contribution in [-0.2, 0) is 14.3 Å². The van der Waals surface area contributed by atoms with Gasteiger partial charge in [-0.2, -0.15) is 0 Å². The molecule has 0 aromatic heterocycles. The maximum absolute atomic E-state index is 13.1. The summed E-state index contributed by atoms with van der Waals surface area (Å²) in [5.41, 5.74) is 3.89. The Morgan fingerprint density at radius 3 is 2.69 bits per heavy atom. The number of allylic oxidation sites excluding steroid dienone is 6. The predicted molar refractivity (Wildman–Crippen MR) is 101 cm³/mol. The maximum Gasteiger partial charge on any atom is 0.224 e. The average molecular weight is 352 g/mol. The topological polar surface area (TPSA) is 43.4 Å². The van der Waals surface area contributed by atoms with E-state index in [9.17, 15) is 9.59 Å². The van der Waals surface area contributed by atoms with Crippen molar-refractivity contribution in [2.24, 2.45) is 22.7 Å². The van der Waals surface area contributed by atoms with Gasteiger partial charge in [-0.25, -0.2) is 0 Å². The van der Waals surface area contributed by atoms with Gasteiger partial charge in [-0.05, 0) is 56.3 Å². The highest BCUT2D eigenvalue weighted by Crippen LogP contribution is 2.67. The normalized spacial score (nSPS) is 39.2. The monoisotopic (exact) mass is 352 g/mol. The second kappa shape index (κ2) is 5.55. The molecule has 26 heavy (non-hydrogen) atoms. The minimum Gasteiger partial charge on any atom is -0.490 e. The summed E-state index contributed by atoms with van der Waals surface area (Å²) in [6.07, 6.45) is 7.48. The van der Waals surface area contributed by atoms with Crippen LogP contribution in [0.15, 0.2) is 46.8 Å².